The maximum Gasteiger partial charge on any atom is 0.189 e. The molecule has 0 saturated carbocycles. The molecule has 3 N–H and O–H groups in total. The van der Waals surface area contributed by atoms with Gasteiger partial charge in [-0.05, 0) is 11.6 Å². The quantitative estimate of drug-likeness (QED) is 0.341. The molecule has 1 saturated heterocycles. The van der Waals surface area contributed by atoms with Gasteiger partial charge in [0.2, 0.25) is 0 Å². The minimum Gasteiger partial charge on any atom is -0.409 e. The van der Waals surface area contributed by atoms with Gasteiger partial charge in [0.1, 0.15) is 5.69 Å². The van der Waals surface area contributed by atoms with Crippen molar-refractivity contribution in [1.29, 1.82) is 0 Å². The van der Waals surface area contributed by atoms with Gasteiger partial charge in [0.05, 0.1) is 0 Å². The number of hydrogen-bond donors (Lipinski definition) is 2. The predicted molar refractivity (Wildman–Crippen MR) is 69.9 cm³/mol. The summed E-state index contributed by atoms with van der Waals surface area (Å²) in [5.74, 6) is 1.43. The van der Waals surface area contributed by atoms with E-state index in [1.807, 2.05) is 12.1 Å². The van der Waals surface area contributed by atoms with E-state index >= 15 is 0 Å². The van der Waals surface area contributed by atoms with Crippen LogP contribution in [0.2, 0.25) is 0 Å². The molecule has 6 nitrogen and oxygen atoms in total. The van der Waals surface area contributed by atoms with Crippen molar-refractivity contribution in [3.8, 4) is 0 Å². The number of oxime groups is 1. The third-order valence-corrected chi connectivity index (χ3v) is 4.18. The zero-order valence-corrected chi connectivity index (χ0v) is 10.8. The van der Waals surface area contributed by atoms with E-state index in [-0.39, 0.29) is 5.84 Å². The van der Waals surface area contributed by atoms with Crippen LogP contribution < -0.4 is 5.73 Å². The summed E-state index contributed by atoms with van der Waals surface area (Å²) in [6.45, 7) is 2.28. The van der Waals surface area contributed by atoms with Crippen LogP contribution in [0.4, 0.5) is 0 Å². The van der Waals surface area contributed by atoms with Gasteiger partial charge < -0.3 is 10.9 Å². The monoisotopic (exact) mass is 268 g/mol. The second-order valence-corrected chi connectivity index (χ2v) is 5.82. The van der Waals surface area contributed by atoms with E-state index in [4.69, 9.17) is 10.9 Å². The first kappa shape index (κ1) is 13.0. The summed E-state index contributed by atoms with van der Waals surface area (Å²) in [5.41, 5.74) is 7.02. The van der Waals surface area contributed by atoms with Gasteiger partial charge in [-0.15, -0.1) is 0 Å². The first-order chi connectivity index (χ1) is 8.70. The Hall–Kier alpha value is -1.47. The predicted octanol–water partition coefficient (Wildman–Crippen LogP) is -0.260. The number of nitrogens with zero attached hydrogens (tertiary/aromatic N) is 3. The number of rotatable bonds is 3. The highest BCUT2D eigenvalue weighted by Gasteiger charge is 2.17. The molecule has 2 heterocycles. The molecule has 0 spiro atoms. The number of nitrogens with two attached hydrogens (primary N) is 1. The fraction of sp³-hybridized carbons (Fsp3) is 0.455. The molecule has 0 unspecified atom stereocenters. The van der Waals surface area contributed by atoms with Crippen molar-refractivity contribution in [3.63, 3.8) is 0 Å². The van der Waals surface area contributed by atoms with Crippen molar-refractivity contribution in [1.82, 2.24) is 9.88 Å². The Kier molecular flexibility index (Phi) is 4.27. The van der Waals surface area contributed by atoms with Crippen LogP contribution in [0.1, 0.15) is 11.3 Å². The standard InChI is InChI=1S/C11H16N4O2S/c12-11(14-16)10-9(2-1-3-13-10)8-15-4-6-18(17)7-5-15/h1-3,16H,4-8H2,(H2,12,14). The first-order valence-electron chi connectivity index (χ1n) is 5.70. The average Bonchev–Trinajstić information content (AvgIpc) is 2.41. The Morgan fingerprint density at radius 1 is 1.56 bits per heavy atom. The largest absolute Gasteiger partial charge is 0.409 e. The van der Waals surface area contributed by atoms with Crippen LogP contribution in [-0.2, 0) is 17.3 Å². The topological polar surface area (TPSA) is 91.8 Å². The zero-order valence-electron chi connectivity index (χ0n) is 9.95. The lowest BCUT2D eigenvalue weighted by Crippen LogP contribution is -2.37. The minimum absolute atomic E-state index is 0.0196. The van der Waals surface area contributed by atoms with Gasteiger partial charge in [-0.1, -0.05) is 11.2 Å². The molecule has 0 bridgehead atoms. The molecule has 0 aliphatic carbocycles. The third-order valence-electron chi connectivity index (χ3n) is 2.91. The number of pyridine rings is 1. The van der Waals surface area contributed by atoms with E-state index in [1.54, 1.807) is 6.20 Å². The van der Waals surface area contributed by atoms with Gasteiger partial charge in [0, 0.05) is 48.1 Å². The molecule has 0 aromatic carbocycles. The molecule has 0 radical (unpaired) electrons. The molecule has 1 fully saturated rings. The van der Waals surface area contributed by atoms with E-state index in [0.29, 0.717) is 23.7 Å². The van der Waals surface area contributed by atoms with Crippen LogP contribution in [0.5, 0.6) is 0 Å². The van der Waals surface area contributed by atoms with Gasteiger partial charge >= 0.3 is 0 Å². The second-order valence-electron chi connectivity index (χ2n) is 4.12. The van der Waals surface area contributed by atoms with Gasteiger partial charge in [0.25, 0.3) is 0 Å². The van der Waals surface area contributed by atoms with E-state index < -0.39 is 10.8 Å². The highest BCUT2D eigenvalue weighted by molar-refractivity contribution is 7.85. The Balaban J connectivity index is 2.11. The Bertz CT molecular complexity index is 468. The first-order valence-corrected chi connectivity index (χ1v) is 7.18. The summed E-state index contributed by atoms with van der Waals surface area (Å²) in [7, 11) is -0.680. The molecule has 1 aliphatic rings. The van der Waals surface area contributed by atoms with Crippen molar-refractivity contribution in [2.75, 3.05) is 24.6 Å². The van der Waals surface area contributed by atoms with Crippen LogP contribution in [0.25, 0.3) is 0 Å². The van der Waals surface area contributed by atoms with Gasteiger partial charge in [-0.3, -0.25) is 14.1 Å². The second kappa shape index (κ2) is 5.92. The van der Waals surface area contributed by atoms with Crippen LogP contribution in [-0.4, -0.2) is 49.7 Å². The SMILES string of the molecule is NC(=NO)c1ncccc1CN1CCS(=O)CC1. The molecular formula is C11H16N4O2S. The molecule has 1 aliphatic heterocycles. The Morgan fingerprint density at radius 3 is 2.94 bits per heavy atom. The van der Waals surface area contributed by atoms with Crippen LogP contribution in [0.3, 0.4) is 0 Å². The van der Waals surface area contributed by atoms with Crippen molar-refractivity contribution < 1.29 is 9.42 Å². The molecule has 7 heteroatoms. The molecule has 1 aromatic rings. The molecule has 18 heavy (non-hydrogen) atoms. The maximum absolute atomic E-state index is 11.3. The number of aromatic nitrogens is 1. The lowest BCUT2D eigenvalue weighted by molar-refractivity contribution is 0.290. The summed E-state index contributed by atoms with van der Waals surface area (Å²) in [6.07, 6.45) is 1.61. The fourth-order valence-electron chi connectivity index (χ4n) is 1.92. The highest BCUT2D eigenvalue weighted by Crippen LogP contribution is 2.11. The van der Waals surface area contributed by atoms with E-state index in [0.717, 1.165) is 18.7 Å². The Morgan fingerprint density at radius 2 is 2.28 bits per heavy atom. The van der Waals surface area contributed by atoms with Gasteiger partial charge in [0.15, 0.2) is 5.84 Å². The summed E-state index contributed by atoms with van der Waals surface area (Å²) in [6, 6.07) is 3.73. The van der Waals surface area contributed by atoms with Gasteiger partial charge in [-0.25, -0.2) is 0 Å². The van der Waals surface area contributed by atoms with Crippen LogP contribution in [0, 0.1) is 0 Å². The third kappa shape index (κ3) is 3.05. The molecule has 0 amide bonds. The van der Waals surface area contributed by atoms with E-state index in [9.17, 15) is 4.21 Å². The van der Waals surface area contributed by atoms with Gasteiger partial charge in [-0.2, -0.15) is 0 Å². The normalized spacial score (nSPS) is 19.0. The van der Waals surface area contributed by atoms with Crippen molar-refractivity contribution in [2.24, 2.45) is 10.9 Å². The molecule has 0 atom stereocenters. The highest BCUT2D eigenvalue weighted by atomic mass is 32.2. The smallest absolute Gasteiger partial charge is 0.189 e. The maximum atomic E-state index is 11.3. The molecule has 98 valence electrons. The molecule has 1 aromatic heterocycles. The molecular weight excluding hydrogens is 252 g/mol. The lowest BCUT2D eigenvalue weighted by atomic mass is 10.1. The van der Waals surface area contributed by atoms with Crippen LogP contribution >= 0.6 is 0 Å². The average molecular weight is 268 g/mol. The van der Waals surface area contributed by atoms with E-state index in [2.05, 4.69) is 15.0 Å². The summed E-state index contributed by atoms with van der Waals surface area (Å²) in [4.78, 5) is 6.33. The number of hydrogen-bond acceptors (Lipinski definition) is 5. The van der Waals surface area contributed by atoms with Crippen LogP contribution in [0.15, 0.2) is 23.5 Å². The lowest BCUT2D eigenvalue weighted by Gasteiger charge is -2.26. The Labute approximate surface area is 108 Å². The number of amidine groups is 1. The van der Waals surface area contributed by atoms with Crippen molar-refractivity contribution in [2.45, 2.75) is 6.54 Å². The molecule has 2 rings (SSSR count). The summed E-state index contributed by atoms with van der Waals surface area (Å²) >= 11 is 0. The summed E-state index contributed by atoms with van der Waals surface area (Å²) in [5, 5.41) is 11.7. The zero-order chi connectivity index (χ0) is 13.0. The van der Waals surface area contributed by atoms with Crippen molar-refractivity contribution >= 4 is 16.6 Å². The minimum atomic E-state index is -0.680. The van der Waals surface area contributed by atoms with E-state index in [1.165, 1.54) is 0 Å². The van der Waals surface area contributed by atoms with Crippen molar-refractivity contribution in [3.05, 3.63) is 29.6 Å². The fourth-order valence-corrected chi connectivity index (χ4v) is 3.05. The summed E-state index contributed by atoms with van der Waals surface area (Å²) < 4.78 is 11.3.